The van der Waals surface area contributed by atoms with Crippen LogP contribution in [0.3, 0.4) is 0 Å². The number of rotatable bonds is 5. The molecule has 3 heterocycles. The topological polar surface area (TPSA) is 49.3 Å². The number of nitrogens with zero attached hydrogens (tertiary/aromatic N) is 4. The van der Waals surface area contributed by atoms with Crippen molar-refractivity contribution in [3.63, 3.8) is 0 Å². The van der Waals surface area contributed by atoms with Crippen molar-refractivity contribution >= 4 is 44.9 Å². The van der Waals surface area contributed by atoms with Gasteiger partial charge in [0.1, 0.15) is 16.5 Å². The molecule has 0 spiro atoms. The third-order valence-electron chi connectivity index (χ3n) is 6.45. The number of hydrogen-bond donors (Lipinski definition) is 0. The van der Waals surface area contributed by atoms with E-state index in [1.54, 1.807) is 0 Å². The fourth-order valence-electron chi connectivity index (χ4n) is 4.38. The highest BCUT2D eigenvalue weighted by atomic mass is 35.5. The van der Waals surface area contributed by atoms with Crippen molar-refractivity contribution in [1.82, 2.24) is 14.9 Å². The molecule has 1 amide bonds. The lowest BCUT2D eigenvalue weighted by Gasteiger charge is -2.36. The molecule has 2 aromatic heterocycles. The molecule has 0 N–H and O–H groups in total. The molecule has 7 heteroatoms. The summed E-state index contributed by atoms with van der Waals surface area (Å²) in [7, 11) is 0. The Balaban J connectivity index is 1.70. The Morgan fingerprint density at radius 2 is 2.03 bits per heavy atom. The maximum atomic E-state index is 12.2. The van der Waals surface area contributed by atoms with Crippen LogP contribution in [-0.2, 0) is 17.6 Å². The van der Waals surface area contributed by atoms with Crippen LogP contribution in [0.1, 0.15) is 62.2 Å². The molecular formula is C22H31ClN4OS. The zero-order valence-electron chi connectivity index (χ0n) is 17.7. The summed E-state index contributed by atoms with van der Waals surface area (Å²) in [6.07, 6.45) is 4.99. The van der Waals surface area contributed by atoms with Gasteiger partial charge in [0.2, 0.25) is 5.91 Å². The third-order valence-corrected chi connectivity index (χ3v) is 7.78. The third kappa shape index (κ3) is 4.11. The maximum Gasteiger partial charge on any atom is 0.223 e. The number of halogens is 1. The summed E-state index contributed by atoms with van der Waals surface area (Å²) in [6, 6.07) is 0. The second-order valence-corrected chi connectivity index (χ2v) is 10.0. The van der Waals surface area contributed by atoms with E-state index in [2.05, 4.69) is 25.7 Å². The number of amides is 1. The summed E-state index contributed by atoms with van der Waals surface area (Å²) in [5.74, 6) is 3.71. The first-order chi connectivity index (χ1) is 14.0. The zero-order valence-corrected chi connectivity index (χ0v) is 19.3. The Bertz CT molecular complexity index is 891. The Morgan fingerprint density at radius 1 is 1.28 bits per heavy atom. The molecule has 4 rings (SSSR count). The minimum atomic E-state index is 0.162. The van der Waals surface area contributed by atoms with E-state index in [9.17, 15) is 4.79 Å². The molecule has 0 radical (unpaired) electrons. The van der Waals surface area contributed by atoms with Gasteiger partial charge in [-0.05, 0) is 37.2 Å². The number of carbonyl (C=O) groups excluding carboxylic acids is 1. The van der Waals surface area contributed by atoms with Crippen LogP contribution >= 0.6 is 22.9 Å². The van der Waals surface area contributed by atoms with Crippen LogP contribution in [0.4, 0.5) is 5.82 Å². The monoisotopic (exact) mass is 434 g/mol. The second-order valence-electron chi connectivity index (χ2n) is 8.55. The van der Waals surface area contributed by atoms with Gasteiger partial charge in [-0.1, -0.05) is 20.8 Å². The molecule has 0 saturated carbocycles. The number of aryl methyl sites for hydroxylation is 1. The molecule has 2 aromatic rings. The maximum absolute atomic E-state index is 12.2. The molecule has 0 bridgehead atoms. The van der Waals surface area contributed by atoms with Crippen molar-refractivity contribution in [1.29, 1.82) is 0 Å². The van der Waals surface area contributed by atoms with Gasteiger partial charge in [-0.2, -0.15) is 0 Å². The highest BCUT2D eigenvalue weighted by Gasteiger charge is 2.29. The number of aromatic nitrogens is 2. The molecule has 2 aliphatic rings. The Labute approximate surface area is 182 Å². The van der Waals surface area contributed by atoms with Gasteiger partial charge in [0, 0.05) is 49.3 Å². The number of piperazine rings is 1. The molecule has 29 heavy (non-hydrogen) atoms. The van der Waals surface area contributed by atoms with Gasteiger partial charge in [-0.3, -0.25) is 4.79 Å². The van der Waals surface area contributed by atoms with Crippen LogP contribution in [-0.4, -0.2) is 52.8 Å². The molecule has 1 aliphatic heterocycles. The number of carbonyl (C=O) groups is 1. The van der Waals surface area contributed by atoms with E-state index in [1.807, 2.05) is 16.2 Å². The standard InChI is InChI=1S/C22H31ClN4OS/c1-4-15(3)20-24-21(27-11-9-26(10-12-27)18(28)7-8-23)19-16-6-5-14(2)13-17(16)29-22(19)25-20/h14-15H,4-13H2,1-3H3/t14-,15-/m1/s1. The van der Waals surface area contributed by atoms with Crippen molar-refractivity contribution in [2.24, 2.45) is 5.92 Å². The summed E-state index contributed by atoms with van der Waals surface area (Å²) in [5.41, 5.74) is 1.48. The number of thiophene rings is 1. The fourth-order valence-corrected chi connectivity index (χ4v) is 5.92. The summed E-state index contributed by atoms with van der Waals surface area (Å²) < 4.78 is 0. The van der Waals surface area contributed by atoms with E-state index in [0.717, 1.165) is 67.8 Å². The Kier molecular flexibility index (Phi) is 6.30. The van der Waals surface area contributed by atoms with Gasteiger partial charge in [-0.15, -0.1) is 22.9 Å². The summed E-state index contributed by atoms with van der Waals surface area (Å²) in [4.78, 5) is 29.3. The zero-order chi connectivity index (χ0) is 20.5. The van der Waals surface area contributed by atoms with E-state index >= 15 is 0 Å². The first-order valence-corrected chi connectivity index (χ1v) is 12.3. The lowest BCUT2D eigenvalue weighted by Crippen LogP contribution is -2.49. The Morgan fingerprint density at radius 3 is 2.72 bits per heavy atom. The smallest absolute Gasteiger partial charge is 0.223 e. The van der Waals surface area contributed by atoms with Gasteiger partial charge in [0.15, 0.2) is 0 Å². The number of alkyl halides is 1. The molecule has 0 aromatic carbocycles. The van der Waals surface area contributed by atoms with Crippen LogP contribution in [0, 0.1) is 5.92 Å². The number of fused-ring (bicyclic) bond motifs is 3. The molecule has 2 atom stereocenters. The van der Waals surface area contributed by atoms with Gasteiger partial charge in [0.05, 0.1) is 5.39 Å². The molecule has 1 saturated heterocycles. The number of hydrogen-bond acceptors (Lipinski definition) is 5. The van der Waals surface area contributed by atoms with Gasteiger partial charge < -0.3 is 9.80 Å². The van der Waals surface area contributed by atoms with Crippen molar-refractivity contribution in [3.8, 4) is 0 Å². The van der Waals surface area contributed by atoms with Crippen LogP contribution in [0.15, 0.2) is 0 Å². The minimum absolute atomic E-state index is 0.162. The highest BCUT2D eigenvalue weighted by molar-refractivity contribution is 7.19. The molecule has 1 aliphatic carbocycles. The van der Waals surface area contributed by atoms with E-state index < -0.39 is 0 Å². The minimum Gasteiger partial charge on any atom is -0.352 e. The normalized spacial score (nSPS) is 20.8. The predicted molar refractivity (Wildman–Crippen MR) is 121 cm³/mol. The van der Waals surface area contributed by atoms with Crippen molar-refractivity contribution in [2.75, 3.05) is 37.0 Å². The Hall–Kier alpha value is -1.40. The largest absolute Gasteiger partial charge is 0.352 e. The molecular weight excluding hydrogens is 404 g/mol. The van der Waals surface area contributed by atoms with Crippen LogP contribution in [0.5, 0.6) is 0 Å². The summed E-state index contributed by atoms with van der Waals surface area (Å²) in [5, 5.41) is 1.28. The summed E-state index contributed by atoms with van der Waals surface area (Å²) in [6.45, 7) is 9.87. The van der Waals surface area contributed by atoms with Gasteiger partial charge in [0.25, 0.3) is 0 Å². The van der Waals surface area contributed by atoms with E-state index in [0.29, 0.717) is 18.2 Å². The van der Waals surface area contributed by atoms with Gasteiger partial charge >= 0.3 is 0 Å². The first-order valence-electron chi connectivity index (χ1n) is 10.9. The van der Waals surface area contributed by atoms with E-state index in [1.165, 1.54) is 22.2 Å². The molecule has 158 valence electrons. The van der Waals surface area contributed by atoms with Crippen molar-refractivity contribution in [2.45, 2.75) is 58.8 Å². The second kappa shape index (κ2) is 8.76. The van der Waals surface area contributed by atoms with Gasteiger partial charge in [-0.25, -0.2) is 9.97 Å². The molecule has 1 fully saturated rings. The van der Waals surface area contributed by atoms with Crippen LogP contribution < -0.4 is 4.90 Å². The predicted octanol–water partition coefficient (Wildman–Crippen LogP) is 4.61. The lowest BCUT2D eigenvalue weighted by atomic mass is 9.89. The lowest BCUT2D eigenvalue weighted by molar-refractivity contribution is -0.131. The highest BCUT2D eigenvalue weighted by Crippen LogP contribution is 2.41. The van der Waals surface area contributed by atoms with Crippen LogP contribution in [0.25, 0.3) is 10.2 Å². The van der Waals surface area contributed by atoms with Crippen molar-refractivity contribution < 1.29 is 4.79 Å². The van der Waals surface area contributed by atoms with E-state index in [4.69, 9.17) is 21.6 Å². The first kappa shape index (κ1) is 20.9. The average Bonchev–Trinajstić information content (AvgIpc) is 3.10. The van der Waals surface area contributed by atoms with Crippen LogP contribution in [0.2, 0.25) is 0 Å². The average molecular weight is 435 g/mol. The molecule has 0 unspecified atom stereocenters. The van der Waals surface area contributed by atoms with Crippen molar-refractivity contribution in [3.05, 3.63) is 16.3 Å². The fraction of sp³-hybridized carbons (Fsp3) is 0.682. The SMILES string of the molecule is CC[C@@H](C)c1nc(N2CCN(C(=O)CCCl)CC2)c2c3c(sc2n1)C[C@H](C)CC3. The summed E-state index contributed by atoms with van der Waals surface area (Å²) >= 11 is 7.64. The number of anilines is 1. The van der Waals surface area contributed by atoms with E-state index in [-0.39, 0.29) is 5.91 Å². The molecule has 5 nitrogen and oxygen atoms in total. The quantitative estimate of drug-likeness (QED) is 0.645.